The van der Waals surface area contributed by atoms with Crippen molar-refractivity contribution in [3.05, 3.63) is 64.2 Å². The number of pyridine rings is 1. The van der Waals surface area contributed by atoms with E-state index in [4.69, 9.17) is 9.40 Å². The minimum absolute atomic E-state index is 0.773. The summed E-state index contributed by atoms with van der Waals surface area (Å²) in [4.78, 5) is 7.90. The van der Waals surface area contributed by atoms with Gasteiger partial charge in [0, 0.05) is 27.8 Å². The van der Waals surface area contributed by atoms with Gasteiger partial charge in [-0.3, -0.25) is 0 Å². The van der Waals surface area contributed by atoms with Gasteiger partial charge in [-0.2, -0.15) is 0 Å². The van der Waals surface area contributed by atoms with Crippen LogP contribution in [0.2, 0.25) is 0 Å². The molecule has 0 radical (unpaired) electrons. The molecule has 0 amide bonds. The Morgan fingerprint density at radius 3 is 2.92 bits per heavy atom. The van der Waals surface area contributed by atoms with Gasteiger partial charge < -0.3 is 4.42 Å². The maximum absolute atomic E-state index is 5.91. The number of aryl methyl sites for hydroxylation is 1. The molecule has 6 rings (SSSR count). The molecule has 2 nitrogen and oxygen atoms in total. The number of benzene rings is 1. The van der Waals surface area contributed by atoms with Crippen LogP contribution >= 0.6 is 11.3 Å². The maximum atomic E-state index is 5.91. The second-order valence-electron chi connectivity index (χ2n) is 7.66. The van der Waals surface area contributed by atoms with Crippen molar-refractivity contribution in [2.45, 2.75) is 32.6 Å². The Kier molecular flexibility index (Phi) is 3.01. The Bertz CT molecular complexity index is 1150. The second-order valence-corrected chi connectivity index (χ2v) is 8.74. The lowest BCUT2D eigenvalue weighted by Crippen LogP contribution is -2.08. The van der Waals surface area contributed by atoms with Gasteiger partial charge in [0.25, 0.3) is 0 Å². The molecule has 0 fully saturated rings. The van der Waals surface area contributed by atoms with Crippen LogP contribution in [0.3, 0.4) is 0 Å². The average molecular weight is 357 g/mol. The third-order valence-corrected chi connectivity index (χ3v) is 7.10. The highest BCUT2D eigenvalue weighted by Crippen LogP contribution is 2.48. The standard InChI is InChI=1S/C23H19NOS/c1-13-8-9-16-19(11-13)26-23-21(16)20(18-7-4-10-25-18)17-12-14-5-2-3-6-15(14)22(17)24-23/h2-7,10,13H,8-9,11-12H2,1H3/t13-/m1/s1. The Hall–Kier alpha value is -2.39. The Morgan fingerprint density at radius 2 is 2.04 bits per heavy atom. The Morgan fingerprint density at radius 1 is 1.12 bits per heavy atom. The van der Waals surface area contributed by atoms with Crippen molar-refractivity contribution < 1.29 is 4.42 Å². The fourth-order valence-corrected chi connectivity index (χ4v) is 6.09. The minimum atomic E-state index is 0.773. The van der Waals surface area contributed by atoms with Gasteiger partial charge in [-0.1, -0.05) is 31.2 Å². The van der Waals surface area contributed by atoms with E-state index in [0.29, 0.717) is 0 Å². The molecular weight excluding hydrogens is 338 g/mol. The van der Waals surface area contributed by atoms with Crippen molar-refractivity contribution in [3.63, 3.8) is 0 Å². The molecule has 4 aromatic rings. The normalized spacial score (nSPS) is 18.0. The summed E-state index contributed by atoms with van der Waals surface area (Å²) in [6.45, 7) is 2.37. The third-order valence-electron chi connectivity index (χ3n) is 5.95. The number of nitrogens with zero attached hydrogens (tertiary/aromatic N) is 1. The summed E-state index contributed by atoms with van der Waals surface area (Å²) in [7, 11) is 0. The van der Waals surface area contributed by atoms with Crippen LogP contribution in [0.25, 0.3) is 32.8 Å². The van der Waals surface area contributed by atoms with Crippen molar-refractivity contribution in [2.75, 3.05) is 0 Å². The lowest BCUT2D eigenvalue weighted by Gasteiger charge is -2.18. The summed E-state index contributed by atoms with van der Waals surface area (Å²) in [5, 5.41) is 1.36. The van der Waals surface area contributed by atoms with E-state index in [-0.39, 0.29) is 0 Å². The molecular formula is C23H19NOS. The highest BCUT2D eigenvalue weighted by atomic mass is 32.1. The number of furan rings is 1. The van der Waals surface area contributed by atoms with Crippen LogP contribution in [0.15, 0.2) is 47.1 Å². The van der Waals surface area contributed by atoms with E-state index in [1.54, 1.807) is 6.26 Å². The Balaban J connectivity index is 1.73. The minimum Gasteiger partial charge on any atom is -0.464 e. The smallest absolute Gasteiger partial charge is 0.134 e. The molecule has 0 saturated carbocycles. The van der Waals surface area contributed by atoms with Gasteiger partial charge in [0.05, 0.1) is 12.0 Å². The van der Waals surface area contributed by atoms with Gasteiger partial charge in [-0.25, -0.2) is 4.98 Å². The molecule has 0 unspecified atom stereocenters. The second kappa shape index (κ2) is 5.31. The van der Waals surface area contributed by atoms with Crippen LogP contribution in [-0.4, -0.2) is 4.98 Å². The zero-order valence-corrected chi connectivity index (χ0v) is 15.5. The van der Waals surface area contributed by atoms with E-state index in [0.717, 1.165) is 30.2 Å². The average Bonchev–Trinajstić information content (AvgIpc) is 3.36. The molecule has 0 spiro atoms. The predicted molar refractivity (Wildman–Crippen MR) is 107 cm³/mol. The third kappa shape index (κ3) is 1.95. The van der Waals surface area contributed by atoms with Crippen molar-refractivity contribution in [1.29, 1.82) is 0 Å². The number of hydrogen-bond donors (Lipinski definition) is 0. The molecule has 0 N–H and O–H groups in total. The van der Waals surface area contributed by atoms with Crippen LogP contribution in [0.5, 0.6) is 0 Å². The SMILES string of the molecule is C[C@@H]1CCc2c(sc3nc4c(c(-c5ccco5)c23)Cc2ccccc2-4)C1. The molecule has 0 saturated heterocycles. The molecule has 128 valence electrons. The van der Waals surface area contributed by atoms with E-state index >= 15 is 0 Å². The quantitative estimate of drug-likeness (QED) is 0.354. The monoisotopic (exact) mass is 357 g/mol. The van der Waals surface area contributed by atoms with Crippen LogP contribution in [0.1, 0.15) is 34.9 Å². The first-order valence-electron chi connectivity index (χ1n) is 9.39. The first-order chi connectivity index (χ1) is 12.8. The number of rotatable bonds is 1. The van der Waals surface area contributed by atoms with E-state index in [1.807, 2.05) is 17.4 Å². The molecule has 3 heterocycles. The highest BCUT2D eigenvalue weighted by molar-refractivity contribution is 7.19. The molecule has 3 aromatic heterocycles. The van der Waals surface area contributed by atoms with Crippen molar-refractivity contribution in [3.8, 4) is 22.6 Å². The molecule has 1 atom stereocenters. The van der Waals surface area contributed by atoms with Gasteiger partial charge in [-0.15, -0.1) is 11.3 Å². The number of aromatic nitrogens is 1. The summed E-state index contributed by atoms with van der Waals surface area (Å²) in [6.07, 6.45) is 6.36. The van der Waals surface area contributed by atoms with E-state index in [9.17, 15) is 0 Å². The molecule has 2 aliphatic rings. The van der Waals surface area contributed by atoms with Crippen LogP contribution in [0, 0.1) is 5.92 Å². The molecule has 0 aliphatic heterocycles. The first kappa shape index (κ1) is 14.7. The first-order valence-corrected chi connectivity index (χ1v) is 10.2. The van der Waals surface area contributed by atoms with Gasteiger partial charge >= 0.3 is 0 Å². The van der Waals surface area contributed by atoms with Gasteiger partial charge in [0.1, 0.15) is 10.6 Å². The maximum Gasteiger partial charge on any atom is 0.134 e. The number of hydrogen-bond acceptors (Lipinski definition) is 3. The largest absolute Gasteiger partial charge is 0.464 e. The lowest BCUT2D eigenvalue weighted by atomic mass is 9.87. The number of thiophene rings is 1. The molecule has 0 bridgehead atoms. The van der Waals surface area contributed by atoms with Crippen LogP contribution in [0.4, 0.5) is 0 Å². The fraction of sp³-hybridized carbons (Fsp3) is 0.261. The van der Waals surface area contributed by atoms with Crippen molar-refractivity contribution in [1.82, 2.24) is 4.98 Å². The summed E-state index contributed by atoms with van der Waals surface area (Å²) >= 11 is 1.90. The topological polar surface area (TPSA) is 26.0 Å². The zero-order chi connectivity index (χ0) is 17.3. The van der Waals surface area contributed by atoms with Gasteiger partial charge in [-0.05, 0) is 54.0 Å². The highest BCUT2D eigenvalue weighted by Gasteiger charge is 2.30. The molecule has 26 heavy (non-hydrogen) atoms. The zero-order valence-electron chi connectivity index (χ0n) is 14.7. The van der Waals surface area contributed by atoms with Gasteiger partial charge in [0.2, 0.25) is 0 Å². The van der Waals surface area contributed by atoms with Gasteiger partial charge in [0.15, 0.2) is 0 Å². The lowest BCUT2D eigenvalue weighted by molar-refractivity contribution is 0.509. The van der Waals surface area contributed by atoms with E-state index in [1.165, 1.54) is 55.8 Å². The summed E-state index contributed by atoms with van der Waals surface area (Å²) < 4.78 is 5.91. The van der Waals surface area contributed by atoms with Crippen molar-refractivity contribution in [2.24, 2.45) is 5.92 Å². The predicted octanol–water partition coefficient (Wildman–Crippen LogP) is 6.25. The van der Waals surface area contributed by atoms with Crippen LogP contribution < -0.4 is 0 Å². The number of fused-ring (bicyclic) bond motifs is 6. The van der Waals surface area contributed by atoms with Crippen LogP contribution in [-0.2, 0) is 19.3 Å². The van der Waals surface area contributed by atoms with E-state index < -0.39 is 0 Å². The fourth-order valence-electron chi connectivity index (χ4n) is 4.69. The summed E-state index contributed by atoms with van der Waals surface area (Å²) in [5.41, 5.74) is 7.98. The molecule has 3 heteroatoms. The van der Waals surface area contributed by atoms with E-state index in [2.05, 4.69) is 37.3 Å². The summed E-state index contributed by atoms with van der Waals surface area (Å²) in [6, 6.07) is 12.8. The van der Waals surface area contributed by atoms with Crippen molar-refractivity contribution >= 4 is 21.6 Å². The Labute approximate surface area is 156 Å². The molecule has 1 aromatic carbocycles. The summed E-state index contributed by atoms with van der Waals surface area (Å²) in [5.74, 6) is 1.76. The molecule has 2 aliphatic carbocycles.